The Hall–Kier alpha value is -2.20. The average Bonchev–Trinajstić information content (AvgIpc) is 2.46. The molecule has 1 heterocycles. The van der Waals surface area contributed by atoms with Gasteiger partial charge >= 0.3 is 0 Å². The number of hydrogen-bond donors (Lipinski definition) is 1. The SMILES string of the molecule is CN1C(=O)C(Cc2ccc(Cl)cc2)Oc2cc(N)ccc21. The minimum absolute atomic E-state index is 0.0674. The van der Waals surface area contributed by atoms with Gasteiger partial charge in [0.2, 0.25) is 0 Å². The lowest BCUT2D eigenvalue weighted by atomic mass is 10.0. The van der Waals surface area contributed by atoms with Crippen molar-refractivity contribution in [3.8, 4) is 5.75 Å². The third-order valence-corrected chi connectivity index (χ3v) is 3.81. The van der Waals surface area contributed by atoms with E-state index in [1.807, 2.05) is 12.1 Å². The first-order valence-corrected chi connectivity index (χ1v) is 7.00. The Kier molecular flexibility index (Phi) is 3.47. The molecule has 2 N–H and O–H groups in total. The van der Waals surface area contributed by atoms with Crippen molar-refractivity contribution in [2.45, 2.75) is 12.5 Å². The first-order valence-electron chi connectivity index (χ1n) is 6.63. The van der Waals surface area contributed by atoms with Crippen molar-refractivity contribution < 1.29 is 9.53 Å². The van der Waals surface area contributed by atoms with Gasteiger partial charge in [0.1, 0.15) is 5.75 Å². The van der Waals surface area contributed by atoms with Gasteiger partial charge in [0.25, 0.3) is 5.91 Å². The number of nitrogen functional groups attached to an aromatic ring is 1. The number of halogens is 1. The van der Waals surface area contributed by atoms with Gasteiger partial charge in [-0.15, -0.1) is 0 Å². The average molecular weight is 303 g/mol. The molecule has 0 radical (unpaired) electrons. The predicted molar refractivity (Wildman–Crippen MR) is 83.8 cm³/mol. The molecule has 0 saturated heterocycles. The van der Waals surface area contributed by atoms with E-state index in [4.69, 9.17) is 22.1 Å². The van der Waals surface area contributed by atoms with Crippen molar-refractivity contribution in [1.82, 2.24) is 0 Å². The summed E-state index contributed by atoms with van der Waals surface area (Å²) in [5.41, 5.74) is 8.13. The van der Waals surface area contributed by atoms with Crippen LogP contribution in [0.15, 0.2) is 42.5 Å². The molecule has 1 atom stereocenters. The van der Waals surface area contributed by atoms with Crippen LogP contribution in [-0.4, -0.2) is 19.1 Å². The summed E-state index contributed by atoms with van der Waals surface area (Å²) < 4.78 is 5.83. The van der Waals surface area contributed by atoms with Gasteiger partial charge in [-0.2, -0.15) is 0 Å². The van der Waals surface area contributed by atoms with Crippen molar-refractivity contribution in [2.75, 3.05) is 17.7 Å². The van der Waals surface area contributed by atoms with Crippen LogP contribution in [0.3, 0.4) is 0 Å². The van der Waals surface area contributed by atoms with E-state index in [1.54, 1.807) is 42.3 Å². The first-order chi connectivity index (χ1) is 10.0. The summed E-state index contributed by atoms with van der Waals surface area (Å²) in [6.07, 6.45) is -0.0559. The van der Waals surface area contributed by atoms with E-state index in [0.717, 1.165) is 11.3 Å². The van der Waals surface area contributed by atoms with Gasteiger partial charge in [-0.25, -0.2) is 0 Å². The number of rotatable bonds is 2. The van der Waals surface area contributed by atoms with Gasteiger partial charge in [-0.05, 0) is 29.8 Å². The maximum absolute atomic E-state index is 12.4. The van der Waals surface area contributed by atoms with Crippen LogP contribution in [-0.2, 0) is 11.2 Å². The third-order valence-electron chi connectivity index (χ3n) is 3.55. The fourth-order valence-electron chi connectivity index (χ4n) is 2.40. The Bertz CT molecular complexity index is 685. The van der Waals surface area contributed by atoms with E-state index < -0.39 is 6.10 Å². The van der Waals surface area contributed by atoms with Crippen molar-refractivity contribution in [2.24, 2.45) is 0 Å². The number of ether oxygens (including phenoxy) is 1. The zero-order chi connectivity index (χ0) is 15.0. The molecule has 21 heavy (non-hydrogen) atoms. The summed E-state index contributed by atoms with van der Waals surface area (Å²) in [6.45, 7) is 0. The van der Waals surface area contributed by atoms with E-state index in [9.17, 15) is 4.79 Å². The van der Waals surface area contributed by atoms with E-state index in [1.165, 1.54) is 0 Å². The maximum Gasteiger partial charge on any atom is 0.268 e. The molecule has 0 aromatic heterocycles. The first kappa shape index (κ1) is 13.8. The number of nitrogens with two attached hydrogens (primary N) is 1. The topological polar surface area (TPSA) is 55.6 Å². The highest BCUT2D eigenvalue weighted by Gasteiger charge is 2.32. The fraction of sp³-hybridized carbons (Fsp3) is 0.188. The summed E-state index contributed by atoms with van der Waals surface area (Å²) in [5, 5.41) is 0.671. The molecule has 3 rings (SSSR count). The van der Waals surface area contributed by atoms with Crippen LogP contribution in [0.1, 0.15) is 5.56 Å². The minimum atomic E-state index is -0.550. The molecule has 1 amide bonds. The highest BCUT2D eigenvalue weighted by atomic mass is 35.5. The molecule has 0 aliphatic carbocycles. The number of nitrogens with zero attached hydrogens (tertiary/aromatic N) is 1. The molecular formula is C16H15ClN2O2. The number of hydrogen-bond acceptors (Lipinski definition) is 3. The monoisotopic (exact) mass is 302 g/mol. The summed E-state index contributed by atoms with van der Waals surface area (Å²) in [6, 6.07) is 12.7. The van der Waals surface area contributed by atoms with Crippen LogP contribution in [0.25, 0.3) is 0 Å². The second kappa shape index (κ2) is 5.30. The maximum atomic E-state index is 12.4. The lowest BCUT2D eigenvalue weighted by Gasteiger charge is -2.32. The molecule has 108 valence electrons. The zero-order valence-corrected chi connectivity index (χ0v) is 12.3. The lowest BCUT2D eigenvalue weighted by molar-refractivity contribution is -0.125. The predicted octanol–water partition coefficient (Wildman–Crippen LogP) is 2.89. The van der Waals surface area contributed by atoms with Gasteiger partial charge in [0.15, 0.2) is 6.10 Å². The molecule has 2 aromatic carbocycles. The normalized spacial score (nSPS) is 17.3. The summed E-state index contributed by atoms with van der Waals surface area (Å²) >= 11 is 5.87. The van der Waals surface area contributed by atoms with Gasteiger partial charge in [0, 0.05) is 30.2 Å². The summed E-state index contributed by atoms with van der Waals surface area (Å²) in [5.74, 6) is 0.568. The van der Waals surface area contributed by atoms with E-state index in [2.05, 4.69) is 0 Å². The molecule has 4 nitrogen and oxygen atoms in total. The van der Waals surface area contributed by atoms with Gasteiger partial charge in [-0.3, -0.25) is 4.79 Å². The number of carbonyl (C=O) groups excluding carboxylic acids is 1. The lowest BCUT2D eigenvalue weighted by Crippen LogP contribution is -2.44. The second-order valence-electron chi connectivity index (χ2n) is 5.06. The zero-order valence-electron chi connectivity index (χ0n) is 11.5. The molecule has 1 unspecified atom stereocenters. The molecule has 1 aliphatic heterocycles. The Morgan fingerprint density at radius 3 is 2.67 bits per heavy atom. The highest BCUT2D eigenvalue weighted by molar-refractivity contribution is 6.30. The van der Waals surface area contributed by atoms with Gasteiger partial charge < -0.3 is 15.4 Å². The molecule has 5 heteroatoms. The van der Waals surface area contributed by atoms with Gasteiger partial charge in [0.05, 0.1) is 5.69 Å². The number of fused-ring (bicyclic) bond motifs is 1. The summed E-state index contributed by atoms with van der Waals surface area (Å²) in [7, 11) is 1.74. The van der Waals surface area contributed by atoms with Crippen molar-refractivity contribution >= 4 is 28.9 Å². The van der Waals surface area contributed by atoms with Crippen LogP contribution >= 0.6 is 11.6 Å². The van der Waals surface area contributed by atoms with E-state index in [-0.39, 0.29) is 5.91 Å². The third kappa shape index (κ3) is 2.67. The molecule has 2 aromatic rings. The van der Waals surface area contributed by atoms with Crippen LogP contribution in [0.4, 0.5) is 11.4 Å². The minimum Gasteiger partial charge on any atom is -0.478 e. The Balaban J connectivity index is 1.87. The largest absolute Gasteiger partial charge is 0.478 e. The fourth-order valence-corrected chi connectivity index (χ4v) is 2.53. The Morgan fingerprint density at radius 2 is 1.95 bits per heavy atom. The molecule has 0 bridgehead atoms. The number of benzene rings is 2. The highest BCUT2D eigenvalue weighted by Crippen LogP contribution is 2.35. The van der Waals surface area contributed by atoms with E-state index >= 15 is 0 Å². The van der Waals surface area contributed by atoms with Crippen molar-refractivity contribution in [3.05, 3.63) is 53.1 Å². The van der Waals surface area contributed by atoms with Crippen molar-refractivity contribution in [1.29, 1.82) is 0 Å². The van der Waals surface area contributed by atoms with Crippen LogP contribution in [0.2, 0.25) is 5.02 Å². The molecule has 0 fully saturated rings. The molecule has 0 spiro atoms. The van der Waals surface area contributed by atoms with Crippen LogP contribution < -0.4 is 15.4 Å². The quantitative estimate of drug-likeness (QED) is 0.868. The smallest absolute Gasteiger partial charge is 0.268 e. The standard InChI is InChI=1S/C16H15ClN2O2/c1-19-13-7-6-12(18)9-14(13)21-15(16(19)20)8-10-2-4-11(17)5-3-10/h2-7,9,15H,8,18H2,1H3. The van der Waals surface area contributed by atoms with Crippen LogP contribution in [0.5, 0.6) is 5.75 Å². The number of carbonyl (C=O) groups is 1. The molecule has 0 saturated carbocycles. The van der Waals surface area contributed by atoms with E-state index in [0.29, 0.717) is 22.9 Å². The van der Waals surface area contributed by atoms with Crippen molar-refractivity contribution in [3.63, 3.8) is 0 Å². The Morgan fingerprint density at radius 1 is 1.24 bits per heavy atom. The molecule has 1 aliphatic rings. The van der Waals surface area contributed by atoms with Crippen LogP contribution in [0, 0.1) is 0 Å². The van der Waals surface area contributed by atoms with Gasteiger partial charge in [-0.1, -0.05) is 23.7 Å². The summed E-state index contributed by atoms with van der Waals surface area (Å²) in [4.78, 5) is 14.0. The number of anilines is 2. The second-order valence-corrected chi connectivity index (χ2v) is 5.50. The number of likely N-dealkylation sites (N-methyl/N-ethyl adjacent to an activating group) is 1. The number of amides is 1. The molecular weight excluding hydrogens is 288 g/mol. The Labute approximate surface area is 128 Å².